The highest BCUT2D eigenvalue weighted by atomic mass is 16.5. The van der Waals surface area contributed by atoms with Crippen molar-refractivity contribution in [3.63, 3.8) is 0 Å². The van der Waals surface area contributed by atoms with Crippen molar-refractivity contribution in [2.45, 2.75) is 13.2 Å². The van der Waals surface area contributed by atoms with E-state index in [1.54, 1.807) is 7.11 Å². The molecule has 0 spiro atoms. The van der Waals surface area contributed by atoms with Gasteiger partial charge in [0.25, 0.3) is 0 Å². The summed E-state index contributed by atoms with van der Waals surface area (Å²) in [4.78, 5) is 11.6. The topological polar surface area (TPSA) is 68.9 Å². The predicted molar refractivity (Wildman–Crippen MR) is 68.2 cm³/mol. The molecule has 2 aromatic rings. The van der Waals surface area contributed by atoms with Crippen LogP contribution in [0.3, 0.4) is 0 Å². The molecule has 1 N–H and O–H groups in total. The van der Waals surface area contributed by atoms with Gasteiger partial charge in [0.05, 0.1) is 7.11 Å². The van der Waals surface area contributed by atoms with Crippen LogP contribution in [-0.2, 0) is 13.2 Å². The lowest BCUT2D eigenvalue weighted by Crippen LogP contribution is -2.08. The molecule has 100 valence electrons. The van der Waals surface area contributed by atoms with Crippen molar-refractivity contribution in [2.75, 3.05) is 7.11 Å². The summed E-state index contributed by atoms with van der Waals surface area (Å²) >= 11 is 0. The lowest BCUT2D eigenvalue weighted by atomic mass is 10.2. The molecule has 0 radical (unpaired) electrons. The van der Waals surface area contributed by atoms with Gasteiger partial charge >= 0.3 is 0 Å². The van der Waals surface area contributed by atoms with E-state index >= 15 is 0 Å². The SMILES string of the molecule is COc1cccc(COc2coc(CO)cc2=O)c1. The lowest BCUT2D eigenvalue weighted by Gasteiger charge is -2.07. The highest BCUT2D eigenvalue weighted by Gasteiger charge is 2.05. The number of hydrogen-bond donors (Lipinski definition) is 1. The molecular weight excluding hydrogens is 248 g/mol. The second-order valence-electron chi connectivity index (χ2n) is 3.87. The van der Waals surface area contributed by atoms with Gasteiger partial charge in [-0.25, -0.2) is 0 Å². The van der Waals surface area contributed by atoms with E-state index in [1.807, 2.05) is 24.3 Å². The van der Waals surface area contributed by atoms with Gasteiger partial charge in [0.2, 0.25) is 11.2 Å². The summed E-state index contributed by atoms with van der Waals surface area (Å²) in [6.07, 6.45) is 1.20. The molecule has 5 nitrogen and oxygen atoms in total. The number of aliphatic hydroxyl groups excluding tert-OH is 1. The Morgan fingerprint density at radius 1 is 1.32 bits per heavy atom. The standard InChI is InChI=1S/C14H14O5/c1-17-11-4-2-3-10(5-11)8-19-14-9-18-12(7-15)6-13(14)16/h2-6,9,15H,7-8H2,1H3. The monoisotopic (exact) mass is 262 g/mol. The van der Waals surface area contributed by atoms with Crippen LogP contribution in [0.4, 0.5) is 0 Å². The maximum absolute atomic E-state index is 11.6. The van der Waals surface area contributed by atoms with Crippen LogP contribution in [0.5, 0.6) is 11.5 Å². The lowest BCUT2D eigenvalue weighted by molar-refractivity contribution is 0.236. The van der Waals surface area contributed by atoms with E-state index in [0.717, 1.165) is 11.3 Å². The average Bonchev–Trinajstić information content (AvgIpc) is 2.46. The number of aliphatic hydroxyl groups is 1. The highest BCUT2D eigenvalue weighted by Crippen LogP contribution is 2.14. The predicted octanol–water partition coefficient (Wildman–Crippen LogP) is 1.72. The van der Waals surface area contributed by atoms with Crippen LogP contribution in [0.1, 0.15) is 11.3 Å². The minimum absolute atomic E-state index is 0.111. The fourth-order valence-electron chi connectivity index (χ4n) is 1.55. The summed E-state index contributed by atoms with van der Waals surface area (Å²) in [5.74, 6) is 1.04. The van der Waals surface area contributed by atoms with Crippen molar-refractivity contribution in [3.8, 4) is 11.5 Å². The third kappa shape index (κ3) is 3.35. The van der Waals surface area contributed by atoms with Crippen molar-refractivity contribution < 1.29 is 19.0 Å². The molecule has 1 aromatic carbocycles. The Bertz CT molecular complexity index is 603. The summed E-state index contributed by atoms with van der Waals surface area (Å²) in [5.41, 5.74) is 0.559. The minimum atomic E-state index is -0.321. The molecule has 0 fully saturated rings. The molecule has 0 saturated carbocycles. The zero-order valence-electron chi connectivity index (χ0n) is 10.5. The van der Waals surface area contributed by atoms with Crippen LogP contribution in [0, 0.1) is 0 Å². The van der Waals surface area contributed by atoms with Crippen molar-refractivity contribution in [1.29, 1.82) is 0 Å². The Morgan fingerprint density at radius 2 is 2.16 bits per heavy atom. The maximum Gasteiger partial charge on any atom is 0.227 e. The van der Waals surface area contributed by atoms with Crippen LogP contribution in [0.25, 0.3) is 0 Å². The van der Waals surface area contributed by atoms with Gasteiger partial charge < -0.3 is 19.0 Å². The van der Waals surface area contributed by atoms with E-state index in [-0.39, 0.29) is 30.2 Å². The van der Waals surface area contributed by atoms with E-state index in [4.69, 9.17) is 19.0 Å². The molecule has 0 aliphatic carbocycles. The molecule has 5 heteroatoms. The minimum Gasteiger partial charge on any atom is -0.497 e. The fraction of sp³-hybridized carbons (Fsp3) is 0.214. The average molecular weight is 262 g/mol. The van der Waals surface area contributed by atoms with E-state index < -0.39 is 0 Å². The Hall–Kier alpha value is -2.27. The van der Waals surface area contributed by atoms with E-state index in [2.05, 4.69) is 0 Å². The fourth-order valence-corrected chi connectivity index (χ4v) is 1.55. The molecule has 2 rings (SSSR count). The summed E-state index contributed by atoms with van der Waals surface area (Å²) in [6, 6.07) is 8.57. The molecule has 0 bridgehead atoms. The summed E-state index contributed by atoms with van der Waals surface area (Å²) < 4.78 is 15.5. The van der Waals surface area contributed by atoms with Crippen LogP contribution in [0.15, 0.2) is 45.8 Å². The molecular formula is C14H14O5. The van der Waals surface area contributed by atoms with Gasteiger partial charge in [-0.15, -0.1) is 0 Å². The van der Waals surface area contributed by atoms with E-state index in [1.165, 1.54) is 12.3 Å². The maximum atomic E-state index is 11.6. The van der Waals surface area contributed by atoms with E-state index in [0.29, 0.717) is 0 Å². The third-order valence-electron chi connectivity index (χ3n) is 2.54. The van der Waals surface area contributed by atoms with Gasteiger partial charge in [-0.1, -0.05) is 12.1 Å². The number of benzene rings is 1. The third-order valence-corrected chi connectivity index (χ3v) is 2.54. The number of hydrogen-bond acceptors (Lipinski definition) is 5. The van der Waals surface area contributed by atoms with Gasteiger partial charge in [0.15, 0.2) is 0 Å². The molecule has 0 amide bonds. The van der Waals surface area contributed by atoms with Gasteiger partial charge in [0, 0.05) is 6.07 Å². The molecule has 1 heterocycles. The summed E-state index contributed by atoms with van der Waals surface area (Å²) in [5, 5.41) is 8.83. The van der Waals surface area contributed by atoms with Crippen LogP contribution in [0.2, 0.25) is 0 Å². The largest absolute Gasteiger partial charge is 0.497 e. The van der Waals surface area contributed by atoms with Crippen molar-refractivity contribution in [2.24, 2.45) is 0 Å². The first-order valence-corrected chi connectivity index (χ1v) is 5.71. The number of rotatable bonds is 5. The molecule has 0 unspecified atom stereocenters. The smallest absolute Gasteiger partial charge is 0.227 e. The Labute approximate surface area is 110 Å². The molecule has 0 aliphatic rings. The first-order chi connectivity index (χ1) is 9.22. The van der Waals surface area contributed by atoms with Crippen molar-refractivity contribution >= 4 is 0 Å². The second-order valence-corrected chi connectivity index (χ2v) is 3.87. The first-order valence-electron chi connectivity index (χ1n) is 5.71. The molecule has 1 aromatic heterocycles. The molecule has 0 atom stereocenters. The quantitative estimate of drug-likeness (QED) is 0.888. The van der Waals surface area contributed by atoms with E-state index in [9.17, 15) is 4.79 Å². The van der Waals surface area contributed by atoms with Gasteiger partial charge in [0.1, 0.15) is 31.0 Å². The number of methoxy groups -OCH3 is 1. The summed E-state index contributed by atoms with van der Waals surface area (Å²) in [6.45, 7) is -0.0775. The van der Waals surface area contributed by atoms with Crippen molar-refractivity contribution in [1.82, 2.24) is 0 Å². The summed E-state index contributed by atoms with van der Waals surface area (Å²) in [7, 11) is 1.59. The van der Waals surface area contributed by atoms with Crippen molar-refractivity contribution in [3.05, 3.63) is 58.1 Å². The Kier molecular flexibility index (Phi) is 4.20. The van der Waals surface area contributed by atoms with Crippen LogP contribution >= 0.6 is 0 Å². The molecule has 0 saturated heterocycles. The highest BCUT2D eigenvalue weighted by molar-refractivity contribution is 5.28. The van der Waals surface area contributed by atoms with Gasteiger partial charge in [-0.2, -0.15) is 0 Å². The normalized spacial score (nSPS) is 10.2. The number of ether oxygens (including phenoxy) is 2. The second kappa shape index (κ2) is 6.06. The van der Waals surface area contributed by atoms with Crippen LogP contribution < -0.4 is 14.9 Å². The van der Waals surface area contributed by atoms with Gasteiger partial charge in [-0.3, -0.25) is 4.79 Å². The van der Waals surface area contributed by atoms with Gasteiger partial charge in [-0.05, 0) is 17.7 Å². The zero-order chi connectivity index (χ0) is 13.7. The Balaban J connectivity index is 2.08. The Morgan fingerprint density at radius 3 is 2.84 bits per heavy atom. The zero-order valence-corrected chi connectivity index (χ0v) is 10.5. The molecule has 19 heavy (non-hydrogen) atoms. The van der Waals surface area contributed by atoms with Crippen LogP contribution in [-0.4, -0.2) is 12.2 Å². The molecule has 0 aliphatic heterocycles. The first kappa shape index (κ1) is 13.2.